The monoisotopic (exact) mass is 384 g/mol. The number of aliphatic imine (C=N–C) groups is 1. The molecule has 2 aromatic rings. The summed E-state index contributed by atoms with van der Waals surface area (Å²) >= 11 is 0. The van der Waals surface area contributed by atoms with Gasteiger partial charge in [-0.15, -0.1) is 0 Å². The number of morpholine rings is 1. The molecule has 1 saturated heterocycles. The number of guanidine groups is 1. The summed E-state index contributed by atoms with van der Waals surface area (Å²) in [5.74, 6) is 1.81. The van der Waals surface area contributed by atoms with Crippen LogP contribution in [0, 0.1) is 0 Å². The van der Waals surface area contributed by atoms with E-state index < -0.39 is 0 Å². The molecular formula is C21H28N4O3. The van der Waals surface area contributed by atoms with E-state index >= 15 is 0 Å². The summed E-state index contributed by atoms with van der Waals surface area (Å²) in [6.45, 7) is 3.65. The Morgan fingerprint density at radius 2 is 1.82 bits per heavy atom. The lowest BCUT2D eigenvalue weighted by atomic mass is 10.0. The minimum absolute atomic E-state index is 0.0693. The number of nitrogens with zero attached hydrogens (tertiary/aromatic N) is 2. The van der Waals surface area contributed by atoms with Crippen LogP contribution in [0.25, 0.3) is 0 Å². The van der Waals surface area contributed by atoms with E-state index in [4.69, 9.17) is 19.9 Å². The van der Waals surface area contributed by atoms with Gasteiger partial charge in [0.05, 0.1) is 40.0 Å². The molecule has 0 aromatic heterocycles. The zero-order chi connectivity index (χ0) is 19.8. The van der Waals surface area contributed by atoms with Gasteiger partial charge >= 0.3 is 0 Å². The highest BCUT2D eigenvalue weighted by Gasteiger charge is 2.23. The molecule has 0 amide bonds. The Morgan fingerprint density at radius 1 is 1.11 bits per heavy atom. The molecule has 0 bridgehead atoms. The summed E-state index contributed by atoms with van der Waals surface area (Å²) in [5, 5.41) is 3.13. The van der Waals surface area contributed by atoms with Gasteiger partial charge in [0.2, 0.25) is 0 Å². The maximum absolute atomic E-state index is 6.11. The van der Waals surface area contributed by atoms with E-state index in [1.165, 1.54) is 0 Å². The molecule has 1 unspecified atom stereocenters. The first kappa shape index (κ1) is 20.0. The average molecular weight is 384 g/mol. The molecule has 2 aromatic carbocycles. The van der Waals surface area contributed by atoms with Crippen LogP contribution in [0.1, 0.15) is 11.6 Å². The van der Waals surface area contributed by atoms with Crippen molar-refractivity contribution in [2.45, 2.75) is 6.04 Å². The molecule has 28 heavy (non-hydrogen) atoms. The van der Waals surface area contributed by atoms with Crippen molar-refractivity contribution in [3.63, 3.8) is 0 Å². The van der Waals surface area contributed by atoms with E-state index in [9.17, 15) is 0 Å². The summed E-state index contributed by atoms with van der Waals surface area (Å²) in [5.41, 5.74) is 8.14. The normalized spacial score (nSPS) is 16.4. The third kappa shape index (κ3) is 5.15. The van der Waals surface area contributed by atoms with Crippen molar-refractivity contribution < 1.29 is 14.2 Å². The summed E-state index contributed by atoms with van der Waals surface area (Å²) in [6.07, 6.45) is 0. The standard InChI is InChI=1S/C21H28N4O3/c1-26-19-9-8-16(14-20(19)27-2)18(25-10-12-28-13-11-25)15-23-21(22)24-17-6-4-3-5-7-17/h3-9,14,18H,10-13,15H2,1-2H3,(H3,22,23,24). The number of nitrogens with one attached hydrogen (secondary N) is 1. The van der Waals surface area contributed by atoms with Gasteiger partial charge < -0.3 is 25.3 Å². The maximum atomic E-state index is 6.11. The molecule has 1 aliphatic rings. The Labute approximate surface area is 166 Å². The number of para-hydroxylation sites is 1. The SMILES string of the molecule is COc1ccc(C(CN=C(N)Nc2ccccc2)N2CCOCC2)cc1OC. The van der Waals surface area contributed by atoms with Gasteiger partial charge in [0.15, 0.2) is 17.5 Å². The minimum Gasteiger partial charge on any atom is -0.493 e. The molecule has 150 valence electrons. The molecule has 0 radical (unpaired) electrons. The van der Waals surface area contributed by atoms with Crippen LogP contribution in [0.2, 0.25) is 0 Å². The first-order valence-electron chi connectivity index (χ1n) is 9.37. The average Bonchev–Trinajstić information content (AvgIpc) is 2.75. The Hall–Kier alpha value is -2.77. The predicted molar refractivity (Wildman–Crippen MR) is 111 cm³/mol. The molecule has 3 N–H and O–H groups in total. The number of anilines is 1. The van der Waals surface area contributed by atoms with Gasteiger partial charge in [-0.3, -0.25) is 9.89 Å². The third-order valence-electron chi connectivity index (χ3n) is 4.76. The summed E-state index contributed by atoms with van der Waals surface area (Å²) in [6, 6.07) is 15.8. The van der Waals surface area contributed by atoms with Crippen molar-refractivity contribution in [3.05, 3.63) is 54.1 Å². The van der Waals surface area contributed by atoms with Crippen LogP contribution in [0.5, 0.6) is 11.5 Å². The summed E-state index contributed by atoms with van der Waals surface area (Å²) in [7, 11) is 3.28. The molecular weight excluding hydrogens is 356 g/mol. The lowest BCUT2D eigenvalue weighted by Gasteiger charge is -2.34. The maximum Gasteiger partial charge on any atom is 0.193 e. The van der Waals surface area contributed by atoms with Crippen LogP contribution >= 0.6 is 0 Å². The predicted octanol–water partition coefficient (Wildman–Crippen LogP) is 2.50. The topological polar surface area (TPSA) is 81.3 Å². The van der Waals surface area contributed by atoms with E-state index in [1.807, 2.05) is 42.5 Å². The first-order chi connectivity index (χ1) is 13.7. The number of methoxy groups -OCH3 is 2. The number of nitrogens with two attached hydrogens (primary N) is 1. The highest BCUT2D eigenvalue weighted by atomic mass is 16.5. The third-order valence-corrected chi connectivity index (χ3v) is 4.76. The number of hydrogen-bond acceptors (Lipinski definition) is 5. The zero-order valence-corrected chi connectivity index (χ0v) is 16.4. The van der Waals surface area contributed by atoms with E-state index in [2.05, 4.69) is 21.3 Å². The molecule has 0 saturated carbocycles. The fraction of sp³-hybridized carbons (Fsp3) is 0.381. The van der Waals surface area contributed by atoms with Crippen molar-refractivity contribution in [2.75, 3.05) is 52.4 Å². The second kappa shape index (κ2) is 9.96. The van der Waals surface area contributed by atoms with E-state index in [1.54, 1.807) is 14.2 Å². The Bertz CT molecular complexity index is 776. The molecule has 1 atom stereocenters. The summed E-state index contributed by atoms with van der Waals surface area (Å²) in [4.78, 5) is 6.96. The number of benzene rings is 2. The Morgan fingerprint density at radius 3 is 2.50 bits per heavy atom. The van der Waals surface area contributed by atoms with Crippen LogP contribution in [0.4, 0.5) is 5.69 Å². The molecule has 1 fully saturated rings. The van der Waals surface area contributed by atoms with Crippen molar-refractivity contribution in [3.8, 4) is 11.5 Å². The second-order valence-electron chi connectivity index (χ2n) is 6.50. The van der Waals surface area contributed by atoms with Gasteiger partial charge in [0, 0.05) is 18.8 Å². The van der Waals surface area contributed by atoms with Crippen LogP contribution in [-0.2, 0) is 4.74 Å². The Balaban J connectivity index is 1.80. The molecule has 7 heteroatoms. The smallest absolute Gasteiger partial charge is 0.193 e. The largest absolute Gasteiger partial charge is 0.493 e. The minimum atomic E-state index is 0.0693. The quantitative estimate of drug-likeness (QED) is 0.564. The second-order valence-corrected chi connectivity index (χ2v) is 6.50. The molecule has 0 aliphatic carbocycles. The highest BCUT2D eigenvalue weighted by molar-refractivity contribution is 5.92. The molecule has 0 spiro atoms. The van der Waals surface area contributed by atoms with Crippen LogP contribution in [0.15, 0.2) is 53.5 Å². The fourth-order valence-corrected chi connectivity index (χ4v) is 3.27. The van der Waals surface area contributed by atoms with E-state index in [0.717, 1.165) is 24.3 Å². The zero-order valence-electron chi connectivity index (χ0n) is 16.4. The lowest BCUT2D eigenvalue weighted by Crippen LogP contribution is -2.40. The fourth-order valence-electron chi connectivity index (χ4n) is 3.27. The van der Waals surface area contributed by atoms with Gasteiger partial charge in [0.1, 0.15) is 0 Å². The molecule has 7 nitrogen and oxygen atoms in total. The van der Waals surface area contributed by atoms with Crippen molar-refractivity contribution in [1.29, 1.82) is 0 Å². The van der Waals surface area contributed by atoms with Crippen LogP contribution in [0.3, 0.4) is 0 Å². The number of rotatable bonds is 7. The molecule has 3 rings (SSSR count). The lowest BCUT2D eigenvalue weighted by molar-refractivity contribution is 0.0179. The van der Waals surface area contributed by atoms with E-state index in [0.29, 0.717) is 37.2 Å². The van der Waals surface area contributed by atoms with Crippen LogP contribution < -0.4 is 20.5 Å². The van der Waals surface area contributed by atoms with Crippen molar-refractivity contribution in [1.82, 2.24) is 4.90 Å². The van der Waals surface area contributed by atoms with Gasteiger partial charge in [-0.1, -0.05) is 24.3 Å². The number of ether oxygens (including phenoxy) is 3. The van der Waals surface area contributed by atoms with Crippen molar-refractivity contribution in [2.24, 2.45) is 10.7 Å². The van der Waals surface area contributed by atoms with Gasteiger partial charge in [-0.2, -0.15) is 0 Å². The molecule has 1 heterocycles. The van der Waals surface area contributed by atoms with E-state index in [-0.39, 0.29) is 6.04 Å². The Kier molecular flexibility index (Phi) is 7.11. The van der Waals surface area contributed by atoms with Gasteiger partial charge in [-0.25, -0.2) is 0 Å². The van der Waals surface area contributed by atoms with Crippen LogP contribution in [-0.4, -0.2) is 57.9 Å². The van der Waals surface area contributed by atoms with Gasteiger partial charge in [-0.05, 0) is 29.8 Å². The summed E-state index contributed by atoms with van der Waals surface area (Å²) < 4.78 is 16.4. The molecule has 1 aliphatic heterocycles. The number of hydrogen-bond donors (Lipinski definition) is 2. The van der Waals surface area contributed by atoms with Crippen molar-refractivity contribution >= 4 is 11.6 Å². The first-order valence-corrected chi connectivity index (χ1v) is 9.37. The highest BCUT2D eigenvalue weighted by Crippen LogP contribution is 2.32. The van der Waals surface area contributed by atoms with Gasteiger partial charge in [0.25, 0.3) is 0 Å².